The van der Waals surface area contributed by atoms with Gasteiger partial charge in [0.1, 0.15) is 5.78 Å². The van der Waals surface area contributed by atoms with Crippen molar-refractivity contribution in [3.63, 3.8) is 0 Å². The lowest BCUT2D eigenvalue weighted by Gasteiger charge is -2.04. The van der Waals surface area contributed by atoms with E-state index >= 15 is 0 Å². The van der Waals surface area contributed by atoms with Gasteiger partial charge in [-0.1, -0.05) is 28.1 Å². The van der Waals surface area contributed by atoms with Crippen LogP contribution in [0.1, 0.15) is 5.56 Å². The van der Waals surface area contributed by atoms with Crippen LogP contribution in [0.5, 0.6) is 0 Å². The van der Waals surface area contributed by atoms with E-state index in [0.29, 0.717) is 0 Å². The molecule has 20 heavy (non-hydrogen) atoms. The normalized spacial score (nSPS) is 10.6. The number of hydrogen-bond donors (Lipinski definition) is 0. The van der Waals surface area contributed by atoms with E-state index in [1.165, 1.54) is 23.9 Å². The van der Waals surface area contributed by atoms with Crippen LogP contribution in [0.15, 0.2) is 51.8 Å². The molecule has 0 radical (unpaired) electrons. The molecule has 0 saturated heterocycles. The van der Waals surface area contributed by atoms with Crippen LogP contribution in [-0.2, 0) is 11.2 Å². The molecule has 5 heteroatoms. The van der Waals surface area contributed by atoms with Gasteiger partial charge in [0.15, 0.2) is 11.6 Å². The standard InChI is InChI=1S/C15H11BrF2OS/c16-11-4-6-13(7-5-11)20-9-12(19)8-10-2-1-3-14(17)15(10)18/h1-7H,8-9H2. The van der Waals surface area contributed by atoms with E-state index < -0.39 is 11.6 Å². The van der Waals surface area contributed by atoms with Crippen molar-refractivity contribution in [1.82, 2.24) is 0 Å². The van der Waals surface area contributed by atoms with E-state index in [1.807, 2.05) is 24.3 Å². The van der Waals surface area contributed by atoms with Gasteiger partial charge >= 0.3 is 0 Å². The minimum Gasteiger partial charge on any atom is -0.298 e. The second-order valence-corrected chi connectivity index (χ2v) is 6.14. The van der Waals surface area contributed by atoms with Crippen molar-refractivity contribution in [2.45, 2.75) is 11.3 Å². The molecule has 0 heterocycles. The summed E-state index contributed by atoms with van der Waals surface area (Å²) in [5.41, 5.74) is 0.103. The topological polar surface area (TPSA) is 17.1 Å². The van der Waals surface area contributed by atoms with Crippen molar-refractivity contribution >= 4 is 33.5 Å². The molecule has 0 fully saturated rings. The summed E-state index contributed by atoms with van der Waals surface area (Å²) in [6, 6.07) is 11.4. The summed E-state index contributed by atoms with van der Waals surface area (Å²) in [4.78, 5) is 12.8. The van der Waals surface area contributed by atoms with Crippen molar-refractivity contribution in [3.8, 4) is 0 Å². The first-order chi connectivity index (χ1) is 9.56. The molecule has 0 aliphatic carbocycles. The quantitative estimate of drug-likeness (QED) is 0.726. The molecule has 0 amide bonds. The minimum absolute atomic E-state index is 0.0902. The Bertz CT molecular complexity index is 614. The zero-order chi connectivity index (χ0) is 14.5. The molecule has 2 aromatic rings. The smallest absolute Gasteiger partial charge is 0.162 e. The van der Waals surface area contributed by atoms with Gasteiger partial charge in [0.2, 0.25) is 0 Å². The van der Waals surface area contributed by atoms with E-state index in [2.05, 4.69) is 15.9 Å². The zero-order valence-electron chi connectivity index (χ0n) is 10.4. The largest absolute Gasteiger partial charge is 0.298 e. The molecular formula is C15H11BrF2OS. The predicted octanol–water partition coefficient (Wildman–Crippen LogP) is 4.63. The molecule has 0 unspecified atom stereocenters. The summed E-state index contributed by atoms with van der Waals surface area (Å²) >= 11 is 4.71. The van der Waals surface area contributed by atoms with Gasteiger partial charge in [0.25, 0.3) is 0 Å². The molecule has 0 aliphatic heterocycles. The van der Waals surface area contributed by atoms with Gasteiger partial charge in [-0.15, -0.1) is 11.8 Å². The first kappa shape index (κ1) is 15.2. The molecule has 0 spiro atoms. The molecule has 0 atom stereocenters. The van der Waals surface area contributed by atoms with E-state index in [4.69, 9.17) is 0 Å². The number of thioether (sulfide) groups is 1. The summed E-state index contributed by atoms with van der Waals surface area (Å²) in [5, 5.41) is 0. The number of ketones is 1. The Labute approximate surface area is 128 Å². The molecule has 2 aromatic carbocycles. The van der Waals surface area contributed by atoms with Gasteiger partial charge in [0, 0.05) is 15.8 Å². The first-order valence-corrected chi connectivity index (χ1v) is 7.67. The van der Waals surface area contributed by atoms with Crippen molar-refractivity contribution in [2.75, 3.05) is 5.75 Å². The van der Waals surface area contributed by atoms with E-state index in [0.717, 1.165) is 15.4 Å². The van der Waals surface area contributed by atoms with Gasteiger partial charge in [-0.3, -0.25) is 4.79 Å². The van der Waals surface area contributed by atoms with Crippen molar-refractivity contribution < 1.29 is 13.6 Å². The Hall–Kier alpha value is -1.20. The molecular weight excluding hydrogens is 346 g/mol. The van der Waals surface area contributed by atoms with Crippen LogP contribution < -0.4 is 0 Å². The van der Waals surface area contributed by atoms with Gasteiger partial charge in [-0.2, -0.15) is 0 Å². The Balaban J connectivity index is 1.92. The van der Waals surface area contributed by atoms with Crippen LogP contribution in [0.4, 0.5) is 8.78 Å². The van der Waals surface area contributed by atoms with E-state index in [9.17, 15) is 13.6 Å². The Kier molecular flexibility index (Phi) is 5.31. The fourth-order valence-electron chi connectivity index (χ4n) is 1.64. The third-order valence-electron chi connectivity index (χ3n) is 2.63. The highest BCUT2D eigenvalue weighted by Gasteiger charge is 2.11. The predicted molar refractivity (Wildman–Crippen MR) is 79.9 cm³/mol. The summed E-state index contributed by atoms with van der Waals surface area (Å²) < 4.78 is 27.4. The number of carbonyl (C=O) groups excluding carboxylic acids is 1. The number of Topliss-reactive ketones (excluding diaryl/α,β-unsaturated/α-hetero) is 1. The first-order valence-electron chi connectivity index (χ1n) is 5.89. The van der Waals surface area contributed by atoms with Crippen LogP contribution >= 0.6 is 27.7 Å². The highest BCUT2D eigenvalue weighted by atomic mass is 79.9. The Morgan fingerprint density at radius 1 is 1.10 bits per heavy atom. The average Bonchev–Trinajstić information content (AvgIpc) is 2.43. The highest BCUT2D eigenvalue weighted by molar-refractivity contribution is 9.10. The van der Waals surface area contributed by atoms with Gasteiger partial charge in [-0.05, 0) is 35.9 Å². The Morgan fingerprint density at radius 2 is 1.80 bits per heavy atom. The molecule has 0 saturated carbocycles. The monoisotopic (exact) mass is 356 g/mol. The lowest BCUT2D eigenvalue weighted by atomic mass is 10.1. The summed E-state index contributed by atoms with van der Waals surface area (Å²) in [6.07, 6.45) is -0.0902. The fraction of sp³-hybridized carbons (Fsp3) is 0.133. The third-order valence-corrected chi connectivity index (χ3v) is 4.23. The van der Waals surface area contributed by atoms with Crippen LogP contribution in [0, 0.1) is 11.6 Å². The van der Waals surface area contributed by atoms with Crippen LogP contribution in [0.25, 0.3) is 0 Å². The van der Waals surface area contributed by atoms with Crippen LogP contribution in [0.3, 0.4) is 0 Å². The lowest BCUT2D eigenvalue weighted by Crippen LogP contribution is -2.08. The van der Waals surface area contributed by atoms with Crippen molar-refractivity contribution in [2.24, 2.45) is 0 Å². The van der Waals surface area contributed by atoms with Crippen LogP contribution in [-0.4, -0.2) is 11.5 Å². The SMILES string of the molecule is O=C(CSc1ccc(Br)cc1)Cc1cccc(F)c1F. The Morgan fingerprint density at radius 3 is 2.50 bits per heavy atom. The maximum atomic E-state index is 13.4. The van der Waals surface area contributed by atoms with E-state index in [1.54, 1.807) is 0 Å². The second kappa shape index (κ2) is 6.99. The number of halogens is 3. The van der Waals surface area contributed by atoms with Crippen molar-refractivity contribution in [3.05, 3.63) is 64.1 Å². The maximum Gasteiger partial charge on any atom is 0.162 e. The van der Waals surface area contributed by atoms with E-state index in [-0.39, 0.29) is 23.5 Å². The maximum absolute atomic E-state index is 13.4. The number of rotatable bonds is 5. The summed E-state index contributed by atoms with van der Waals surface area (Å²) in [6.45, 7) is 0. The molecule has 2 rings (SSSR count). The number of hydrogen-bond acceptors (Lipinski definition) is 2. The van der Waals surface area contributed by atoms with Gasteiger partial charge in [0.05, 0.1) is 5.75 Å². The molecule has 0 bridgehead atoms. The van der Waals surface area contributed by atoms with Gasteiger partial charge < -0.3 is 0 Å². The highest BCUT2D eigenvalue weighted by Crippen LogP contribution is 2.21. The van der Waals surface area contributed by atoms with Crippen molar-refractivity contribution in [1.29, 1.82) is 0 Å². The molecule has 1 nitrogen and oxygen atoms in total. The molecule has 104 valence electrons. The molecule has 0 aromatic heterocycles. The van der Waals surface area contributed by atoms with Crippen LogP contribution in [0.2, 0.25) is 0 Å². The zero-order valence-corrected chi connectivity index (χ0v) is 12.8. The average molecular weight is 357 g/mol. The molecule has 0 N–H and O–H groups in total. The minimum atomic E-state index is -0.936. The number of benzene rings is 2. The summed E-state index contributed by atoms with van der Waals surface area (Å²) in [7, 11) is 0. The molecule has 0 aliphatic rings. The fourth-order valence-corrected chi connectivity index (χ4v) is 2.67. The second-order valence-electron chi connectivity index (χ2n) is 4.17. The number of carbonyl (C=O) groups is 1. The lowest BCUT2D eigenvalue weighted by molar-refractivity contribution is -0.116. The van der Waals surface area contributed by atoms with Gasteiger partial charge in [-0.25, -0.2) is 8.78 Å². The summed E-state index contributed by atoms with van der Waals surface area (Å²) in [5.74, 6) is -1.76. The third kappa shape index (κ3) is 4.15.